The number of nitrogens with one attached hydrogen (secondary N) is 1. The molecule has 1 unspecified atom stereocenters. The van der Waals surface area contributed by atoms with Crippen LogP contribution < -0.4 is 5.32 Å². The molecule has 112 valence electrons. The van der Waals surface area contributed by atoms with E-state index in [9.17, 15) is 10.1 Å². The van der Waals surface area contributed by atoms with Gasteiger partial charge in [-0.1, -0.05) is 25.5 Å². The highest BCUT2D eigenvalue weighted by molar-refractivity contribution is 5.35. The highest BCUT2D eigenvalue weighted by atomic mass is 16.7. The van der Waals surface area contributed by atoms with Crippen molar-refractivity contribution in [3.8, 4) is 0 Å². The maximum atomic E-state index is 10.8. The van der Waals surface area contributed by atoms with Crippen molar-refractivity contribution >= 4 is 5.69 Å². The molecule has 0 fully saturated rings. The molecule has 20 heavy (non-hydrogen) atoms. The van der Waals surface area contributed by atoms with Crippen LogP contribution in [0.5, 0.6) is 0 Å². The van der Waals surface area contributed by atoms with Gasteiger partial charge in [0.15, 0.2) is 6.29 Å². The largest absolute Gasteiger partial charge is 0.355 e. The molecular formula is C14H22N2O4. The van der Waals surface area contributed by atoms with E-state index in [2.05, 4.69) is 12.2 Å². The Labute approximate surface area is 119 Å². The SMILES string of the molecule is CCCC(NCC(OC)OC)c1cccc([N+](=O)[O-])c1. The Bertz CT molecular complexity index is 421. The van der Waals surface area contributed by atoms with Gasteiger partial charge in [0, 0.05) is 38.9 Å². The van der Waals surface area contributed by atoms with Crippen LogP contribution in [0, 0.1) is 10.1 Å². The normalized spacial score (nSPS) is 12.6. The number of nitro groups is 1. The Kier molecular flexibility index (Phi) is 7.14. The number of rotatable bonds is 9. The lowest BCUT2D eigenvalue weighted by molar-refractivity contribution is -0.384. The first-order chi connectivity index (χ1) is 9.62. The first-order valence-electron chi connectivity index (χ1n) is 6.65. The van der Waals surface area contributed by atoms with Gasteiger partial charge in [-0.05, 0) is 12.0 Å². The molecule has 6 nitrogen and oxygen atoms in total. The fraction of sp³-hybridized carbons (Fsp3) is 0.571. The molecule has 1 rings (SSSR count). The van der Waals surface area contributed by atoms with Crippen LogP contribution in [0.15, 0.2) is 24.3 Å². The highest BCUT2D eigenvalue weighted by Crippen LogP contribution is 2.22. The second-order valence-corrected chi connectivity index (χ2v) is 4.50. The monoisotopic (exact) mass is 282 g/mol. The molecule has 0 radical (unpaired) electrons. The molecule has 0 saturated carbocycles. The first-order valence-corrected chi connectivity index (χ1v) is 6.65. The number of hydrogen-bond acceptors (Lipinski definition) is 5. The van der Waals surface area contributed by atoms with Crippen molar-refractivity contribution in [2.45, 2.75) is 32.1 Å². The number of ether oxygens (including phenoxy) is 2. The van der Waals surface area contributed by atoms with E-state index in [4.69, 9.17) is 9.47 Å². The van der Waals surface area contributed by atoms with Crippen LogP contribution in [-0.2, 0) is 9.47 Å². The molecule has 0 aliphatic carbocycles. The second-order valence-electron chi connectivity index (χ2n) is 4.50. The van der Waals surface area contributed by atoms with Gasteiger partial charge in [-0.3, -0.25) is 10.1 Å². The minimum Gasteiger partial charge on any atom is -0.355 e. The first kappa shape index (κ1) is 16.6. The van der Waals surface area contributed by atoms with Gasteiger partial charge in [0.25, 0.3) is 5.69 Å². The van der Waals surface area contributed by atoms with Crippen LogP contribution in [0.4, 0.5) is 5.69 Å². The molecule has 0 aliphatic rings. The summed E-state index contributed by atoms with van der Waals surface area (Å²) in [4.78, 5) is 10.5. The Morgan fingerprint density at radius 2 is 2.05 bits per heavy atom. The molecule has 0 bridgehead atoms. The van der Waals surface area contributed by atoms with Crippen molar-refractivity contribution in [2.24, 2.45) is 0 Å². The lowest BCUT2D eigenvalue weighted by atomic mass is 10.0. The lowest BCUT2D eigenvalue weighted by Crippen LogP contribution is -2.32. The number of nitro benzene ring substituents is 1. The molecule has 0 heterocycles. The highest BCUT2D eigenvalue weighted by Gasteiger charge is 2.15. The molecule has 1 aromatic rings. The zero-order valence-corrected chi connectivity index (χ0v) is 12.2. The fourth-order valence-corrected chi connectivity index (χ4v) is 2.03. The molecule has 1 atom stereocenters. The Morgan fingerprint density at radius 1 is 1.35 bits per heavy atom. The Balaban J connectivity index is 2.79. The molecule has 1 aromatic carbocycles. The van der Waals surface area contributed by atoms with Crippen LogP contribution in [0.2, 0.25) is 0 Å². The third-order valence-corrected chi connectivity index (χ3v) is 3.12. The van der Waals surface area contributed by atoms with Crippen LogP contribution >= 0.6 is 0 Å². The summed E-state index contributed by atoms with van der Waals surface area (Å²) in [6.45, 7) is 2.61. The third kappa shape index (κ3) is 4.88. The number of non-ortho nitro benzene ring substituents is 1. The summed E-state index contributed by atoms with van der Waals surface area (Å²) in [7, 11) is 3.16. The van der Waals surface area contributed by atoms with Crippen molar-refractivity contribution in [1.29, 1.82) is 0 Å². The zero-order chi connectivity index (χ0) is 15.0. The van der Waals surface area contributed by atoms with Crippen LogP contribution in [0.3, 0.4) is 0 Å². The maximum Gasteiger partial charge on any atom is 0.269 e. The predicted octanol–water partition coefficient (Wildman–Crippen LogP) is 2.64. The molecule has 0 aliphatic heterocycles. The van der Waals surface area contributed by atoms with Gasteiger partial charge in [0.1, 0.15) is 0 Å². The summed E-state index contributed by atoms with van der Waals surface area (Å²) >= 11 is 0. The van der Waals surface area contributed by atoms with Crippen molar-refractivity contribution in [1.82, 2.24) is 5.32 Å². The summed E-state index contributed by atoms with van der Waals surface area (Å²) in [5.41, 5.74) is 1.02. The van der Waals surface area contributed by atoms with E-state index in [1.165, 1.54) is 6.07 Å². The summed E-state index contributed by atoms with van der Waals surface area (Å²) < 4.78 is 10.3. The fourth-order valence-electron chi connectivity index (χ4n) is 2.03. The zero-order valence-electron chi connectivity index (χ0n) is 12.2. The predicted molar refractivity (Wildman–Crippen MR) is 76.6 cm³/mol. The van der Waals surface area contributed by atoms with E-state index in [0.29, 0.717) is 6.54 Å². The molecule has 0 spiro atoms. The molecule has 0 amide bonds. The number of nitrogens with zero attached hydrogens (tertiary/aromatic N) is 1. The number of hydrogen-bond donors (Lipinski definition) is 1. The van der Waals surface area contributed by atoms with E-state index in [0.717, 1.165) is 18.4 Å². The average Bonchev–Trinajstić information content (AvgIpc) is 2.47. The van der Waals surface area contributed by atoms with Crippen LogP contribution in [0.1, 0.15) is 31.4 Å². The van der Waals surface area contributed by atoms with E-state index >= 15 is 0 Å². The van der Waals surface area contributed by atoms with Gasteiger partial charge in [0.2, 0.25) is 0 Å². The Morgan fingerprint density at radius 3 is 2.60 bits per heavy atom. The average molecular weight is 282 g/mol. The lowest BCUT2D eigenvalue weighted by Gasteiger charge is -2.21. The minimum atomic E-state index is -0.375. The smallest absolute Gasteiger partial charge is 0.269 e. The van der Waals surface area contributed by atoms with Gasteiger partial charge in [0.05, 0.1) is 4.92 Å². The van der Waals surface area contributed by atoms with Crippen molar-refractivity contribution in [2.75, 3.05) is 20.8 Å². The summed E-state index contributed by atoms with van der Waals surface area (Å²) in [6, 6.07) is 6.77. The van der Waals surface area contributed by atoms with Gasteiger partial charge in [-0.15, -0.1) is 0 Å². The molecule has 1 N–H and O–H groups in total. The van der Waals surface area contributed by atoms with Crippen molar-refractivity contribution in [3.63, 3.8) is 0 Å². The van der Waals surface area contributed by atoms with Crippen LogP contribution in [-0.4, -0.2) is 32.0 Å². The van der Waals surface area contributed by atoms with Gasteiger partial charge >= 0.3 is 0 Å². The summed E-state index contributed by atoms with van der Waals surface area (Å²) in [6.07, 6.45) is 1.54. The third-order valence-electron chi connectivity index (χ3n) is 3.12. The molecule has 0 aromatic heterocycles. The van der Waals surface area contributed by atoms with E-state index < -0.39 is 0 Å². The topological polar surface area (TPSA) is 73.6 Å². The molecular weight excluding hydrogens is 260 g/mol. The second kappa shape index (κ2) is 8.63. The number of methoxy groups -OCH3 is 2. The van der Waals surface area contributed by atoms with E-state index in [1.54, 1.807) is 26.4 Å². The van der Waals surface area contributed by atoms with Gasteiger partial charge < -0.3 is 14.8 Å². The van der Waals surface area contributed by atoms with E-state index in [1.807, 2.05) is 6.07 Å². The van der Waals surface area contributed by atoms with Gasteiger partial charge in [-0.25, -0.2) is 0 Å². The van der Waals surface area contributed by atoms with Gasteiger partial charge in [-0.2, -0.15) is 0 Å². The quantitative estimate of drug-likeness (QED) is 0.428. The van der Waals surface area contributed by atoms with Crippen molar-refractivity contribution < 1.29 is 14.4 Å². The standard InChI is InChI=1S/C14H22N2O4/c1-4-6-13(15-10-14(19-2)20-3)11-7-5-8-12(9-11)16(17)18/h5,7-9,13-15H,4,6,10H2,1-3H3. The minimum absolute atomic E-state index is 0.0488. The van der Waals surface area contributed by atoms with E-state index in [-0.39, 0.29) is 22.9 Å². The van der Waals surface area contributed by atoms with Crippen molar-refractivity contribution in [3.05, 3.63) is 39.9 Å². The van der Waals surface area contributed by atoms with Crippen LogP contribution in [0.25, 0.3) is 0 Å². The summed E-state index contributed by atoms with van der Waals surface area (Å²) in [5.74, 6) is 0. The maximum absolute atomic E-state index is 10.8. The molecule has 0 saturated heterocycles. The number of benzene rings is 1. The molecule has 6 heteroatoms. The summed E-state index contributed by atoms with van der Waals surface area (Å²) in [5, 5.41) is 14.2. The Hall–Kier alpha value is -1.50.